The number of sulfonamides is 1. The number of rotatable bonds is 4. The Bertz CT molecular complexity index is 572. The van der Waals surface area contributed by atoms with E-state index in [0.29, 0.717) is 12.6 Å². The first-order chi connectivity index (χ1) is 9.38. The molecular weight excluding hydrogens is 308 g/mol. The van der Waals surface area contributed by atoms with Gasteiger partial charge in [-0.3, -0.25) is 0 Å². The Morgan fingerprint density at radius 2 is 1.80 bits per heavy atom. The highest BCUT2D eigenvalue weighted by Gasteiger charge is 2.22. The highest BCUT2D eigenvalue weighted by atomic mass is 35.5. The van der Waals surface area contributed by atoms with Crippen molar-refractivity contribution in [3.63, 3.8) is 0 Å². The Labute approximate surface area is 122 Å². The van der Waals surface area contributed by atoms with Crippen LogP contribution in [0.3, 0.4) is 0 Å². The second-order valence-electron chi connectivity index (χ2n) is 5.05. The topological polar surface area (TPSA) is 46.2 Å². The first-order valence-electron chi connectivity index (χ1n) is 6.47. The number of nitrogens with one attached hydrogen (secondary N) is 1. The van der Waals surface area contributed by atoms with Crippen LogP contribution in [0.2, 0.25) is 0 Å². The first-order valence-corrected chi connectivity index (χ1v) is 8.39. The van der Waals surface area contributed by atoms with Crippen LogP contribution in [-0.2, 0) is 10.0 Å². The van der Waals surface area contributed by atoms with Gasteiger partial charge in [0.2, 0.25) is 10.0 Å². The van der Waals surface area contributed by atoms with E-state index in [1.54, 1.807) is 0 Å². The molecule has 0 unspecified atom stereocenters. The molecule has 1 aromatic carbocycles. The Morgan fingerprint density at radius 3 is 2.40 bits per heavy atom. The van der Waals surface area contributed by atoms with Crippen molar-refractivity contribution in [2.75, 3.05) is 6.54 Å². The van der Waals surface area contributed by atoms with E-state index >= 15 is 0 Å². The molecule has 0 aromatic heterocycles. The fourth-order valence-electron chi connectivity index (χ4n) is 2.28. The summed E-state index contributed by atoms with van der Waals surface area (Å²) in [7, 11) is -3.80. The van der Waals surface area contributed by atoms with Crippen LogP contribution < -0.4 is 4.72 Å². The molecule has 3 nitrogen and oxygen atoms in total. The molecule has 1 N–H and O–H groups in total. The van der Waals surface area contributed by atoms with E-state index in [1.807, 2.05) is 0 Å². The lowest BCUT2D eigenvalue weighted by Crippen LogP contribution is -2.31. The van der Waals surface area contributed by atoms with Gasteiger partial charge in [-0.05, 0) is 49.8 Å². The number of hydrogen-bond donors (Lipinski definition) is 1. The molecule has 7 heteroatoms. The van der Waals surface area contributed by atoms with Crippen LogP contribution in [0, 0.1) is 17.6 Å². The lowest BCUT2D eigenvalue weighted by molar-refractivity contribution is 0.361. The normalized spacial score (nSPS) is 23.8. The van der Waals surface area contributed by atoms with Gasteiger partial charge in [0, 0.05) is 11.9 Å². The van der Waals surface area contributed by atoms with Gasteiger partial charge in [0.1, 0.15) is 0 Å². The predicted molar refractivity (Wildman–Crippen MR) is 73.1 cm³/mol. The fraction of sp³-hybridized carbons (Fsp3) is 0.538. The van der Waals surface area contributed by atoms with Crippen LogP contribution in [-0.4, -0.2) is 20.3 Å². The van der Waals surface area contributed by atoms with Crippen molar-refractivity contribution >= 4 is 21.6 Å². The van der Waals surface area contributed by atoms with Gasteiger partial charge in [-0.15, -0.1) is 11.6 Å². The van der Waals surface area contributed by atoms with E-state index in [2.05, 4.69) is 4.72 Å². The lowest BCUT2D eigenvalue weighted by atomic mass is 9.89. The van der Waals surface area contributed by atoms with Crippen molar-refractivity contribution in [1.29, 1.82) is 0 Å². The Kier molecular flexibility index (Phi) is 4.99. The number of hydrogen-bond acceptors (Lipinski definition) is 2. The molecule has 112 valence electrons. The van der Waals surface area contributed by atoms with E-state index < -0.39 is 21.7 Å². The summed E-state index contributed by atoms with van der Waals surface area (Å²) < 4.78 is 52.3. The standard InChI is InChI=1S/C13H16ClF2NO2S/c14-10-3-1-9(2-4-10)8-17-20(18,19)11-5-6-12(15)13(16)7-11/h5-7,9-10,17H,1-4,8H2. The van der Waals surface area contributed by atoms with Crippen LogP contribution in [0.4, 0.5) is 8.78 Å². The highest BCUT2D eigenvalue weighted by Crippen LogP contribution is 2.27. The fourth-order valence-corrected chi connectivity index (χ4v) is 3.66. The average Bonchev–Trinajstić information content (AvgIpc) is 2.41. The second kappa shape index (κ2) is 6.37. The molecule has 1 aliphatic carbocycles. The molecule has 0 bridgehead atoms. The summed E-state index contributed by atoms with van der Waals surface area (Å²) in [6.07, 6.45) is 3.49. The van der Waals surface area contributed by atoms with Gasteiger partial charge in [-0.1, -0.05) is 0 Å². The molecule has 0 radical (unpaired) electrons. The summed E-state index contributed by atoms with van der Waals surface area (Å²) in [5.41, 5.74) is 0. The van der Waals surface area contributed by atoms with Gasteiger partial charge < -0.3 is 0 Å². The molecule has 0 aliphatic heterocycles. The molecule has 1 fully saturated rings. The quantitative estimate of drug-likeness (QED) is 0.866. The zero-order valence-corrected chi connectivity index (χ0v) is 12.4. The summed E-state index contributed by atoms with van der Waals surface area (Å²) in [4.78, 5) is -0.262. The van der Waals surface area contributed by atoms with Crippen LogP contribution >= 0.6 is 11.6 Å². The molecule has 0 saturated heterocycles. The zero-order chi connectivity index (χ0) is 14.8. The Morgan fingerprint density at radius 1 is 1.15 bits per heavy atom. The molecule has 1 aromatic rings. The zero-order valence-electron chi connectivity index (χ0n) is 10.8. The van der Waals surface area contributed by atoms with Crippen molar-refractivity contribution in [3.8, 4) is 0 Å². The molecule has 20 heavy (non-hydrogen) atoms. The molecule has 0 atom stereocenters. The Balaban J connectivity index is 1.98. The minimum atomic E-state index is -3.80. The minimum Gasteiger partial charge on any atom is -0.211 e. The largest absolute Gasteiger partial charge is 0.240 e. The molecule has 0 spiro atoms. The van der Waals surface area contributed by atoms with E-state index in [0.717, 1.165) is 37.8 Å². The minimum absolute atomic E-state index is 0.175. The lowest BCUT2D eigenvalue weighted by Gasteiger charge is -2.24. The SMILES string of the molecule is O=S(=O)(NCC1CCC(Cl)CC1)c1ccc(F)c(F)c1. The van der Waals surface area contributed by atoms with Crippen LogP contribution in [0.25, 0.3) is 0 Å². The third-order valence-electron chi connectivity index (χ3n) is 3.54. The summed E-state index contributed by atoms with van der Waals surface area (Å²) in [5.74, 6) is -2.00. The van der Waals surface area contributed by atoms with Crippen molar-refractivity contribution in [1.82, 2.24) is 4.72 Å². The van der Waals surface area contributed by atoms with Crippen molar-refractivity contribution in [2.24, 2.45) is 5.92 Å². The highest BCUT2D eigenvalue weighted by molar-refractivity contribution is 7.89. The van der Waals surface area contributed by atoms with Crippen LogP contribution in [0.15, 0.2) is 23.1 Å². The summed E-state index contributed by atoms with van der Waals surface area (Å²) >= 11 is 5.98. The third-order valence-corrected chi connectivity index (χ3v) is 5.40. The van der Waals surface area contributed by atoms with Gasteiger partial charge >= 0.3 is 0 Å². The summed E-state index contributed by atoms with van der Waals surface area (Å²) in [6, 6.07) is 2.55. The predicted octanol–water partition coefficient (Wildman–Crippen LogP) is 3.04. The van der Waals surface area contributed by atoms with Crippen LogP contribution in [0.5, 0.6) is 0 Å². The Hall–Kier alpha value is -0.720. The van der Waals surface area contributed by atoms with Crippen molar-refractivity contribution in [3.05, 3.63) is 29.8 Å². The van der Waals surface area contributed by atoms with Crippen molar-refractivity contribution < 1.29 is 17.2 Å². The monoisotopic (exact) mass is 323 g/mol. The molecule has 0 amide bonds. The van der Waals surface area contributed by atoms with Gasteiger partial charge in [-0.25, -0.2) is 21.9 Å². The number of halogens is 3. The maximum atomic E-state index is 13.1. The molecule has 2 rings (SSSR count). The number of alkyl halides is 1. The molecular formula is C13H16ClF2NO2S. The van der Waals surface area contributed by atoms with E-state index in [1.165, 1.54) is 0 Å². The second-order valence-corrected chi connectivity index (χ2v) is 7.43. The van der Waals surface area contributed by atoms with E-state index in [-0.39, 0.29) is 16.2 Å². The smallest absolute Gasteiger partial charge is 0.211 e. The van der Waals surface area contributed by atoms with Crippen molar-refractivity contribution in [2.45, 2.75) is 36.0 Å². The van der Waals surface area contributed by atoms with Gasteiger partial charge in [0.25, 0.3) is 0 Å². The first kappa shape index (κ1) is 15.7. The van der Waals surface area contributed by atoms with Gasteiger partial charge in [0.05, 0.1) is 4.90 Å². The summed E-state index contributed by atoms with van der Waals surface area (Å²) in [6.45, 7) is 0.297. The average molecular weight is 324 g/mol. The van der Waals surface area contributed by atoms with Gasteiger partial charge in [0.15, 0.2) is 11.6 Å². The maximum absolute atomic E-state index is 13.1. The van der Waals surface area contributed by atoms with E-state index in [4.69, 9.17) is 11.6 Å². The maximum Gasteiger partial charge on any atom is 0.240 e. The van der Waals surface area contributed by atoms with Gasteiger partial charge in [-0.2, -0.15) is 0 Å². The van der Waals surface area contributed by atoms with E-state index in [9.17, 15) is 17.2 Å². The molecule has 1 saturated carbocycles. The molecule has 1 aliphatic rings. The van der Waals surface area contributed by atoms with Crippen LogP contribution in [0.1, 0.15) is 25.7 Å². The molecule has 0 heterocycles. The summed E-state index contributed by atoms with van der Waals surface area (Å²) in [5, 5.41) is 0.175. The number of benzene rings is 1. The third kappa shape index (κ3) is 3.90.